The molecule has 3 saturated heterocycles. The number of rotatable bonds is 6. The van der Waals surface area contributed by atoms with Gasteiger partial charge in [0.15, 0.2) is 5.75 Å². The second-order valence-electron chi connectivity index (χ2n) is 12.3. The van der Waals surface area contributed by atoms with E-state index < -0.39 is 10.5 Å². The van der Waals surface area contributed by atoms with Gasteiger partial charge in [0.1, 0.15) is 5.60 Å². The minimum absolute atomic E-state index is 0.0418. The molecule has 0 spiro atoms. The maximum atomic E-state index is 12.5. The Labute approximate surface area is 229 Å². The molecule has 0 N–H and O–H groups in total. The second-order valence-corrected chi connectivity index (χ2v) is 12.3. The van der Waals surface area contributed by atoms with E-state index in [0.717, 1.165) is 75.5 Å². The first-order chi connectivity index (χ1) is 18.5. The maximum Gasteiger partial charge on any atom is 0.410 e. The van der Waals surface area contributed by atoms with Crippen molar-refractivity contribution in [3.8, 4) is 16.9 Å². The van der Waals surface area contributed by atoms with E-state index >= 15 is 0 Å². The number of likely N-dealkylation sites (tertiary alicyclic amines) is 2. The number of hydrogen-bond acceptors (Lipinski definition) is 8. The monoisotopic (exact) mass is 540 g/mol. The molecule has 0 radical (unpaired) electrons. The number of carbonyl (C=O) groups excluding carboxylic acids is 1. The molecule has 11 heteroatoms. The lowest BCUT2D eigenvalue weighted by atomic mass is 9.94. The van der Waals surface area contributed by atoms with Crippen LogP contribution in [0.3, 0.4) is 0 Å². The van der Waals surface area contributed by atoms with E-state index in [4.69, 9.17) is 9.47 Å². The number of ether oxygens (including phenoxy) is 2. The first-order valence-electron chi connectivity index (χ1n) is 13.8. The third kappa shape index (κ3) is 5.98. The smallest absolute Gasteiger partial charge is 0.410 e. The summed E-state index contributed by atoms with van der Waals surface area (Å²) in [5.74, 6) is 1.91. The molecule has 1 amide bonds. The van der Waals surface area contributed by atoms with E-state index in [1.807, 2.05) is 38.9 Å². The summed E-state index contributed by atoms with van der Waals surface area (Å²) in [5, 5.41) is 16.0. The van der Waals surface area contributed by atoms with Crippen molar-refractivity contribution in [1.82, 2.24) is 19.6 Å². The van der Waals surface area contributed by atoms with Crippen LogP contribution < -0.4 is 9.64 Å². The zero-order valence-electron chi connectivity index (χ0n) is 23.6. The number of nitrogens with zero attached hydrogens (tertiary/aromatic N) is 6. The SMILES string of the molecule is COc1cc(N2CCC(CN3CC4CN(C(=O)OC(C)(C)C)CC4C3)CC2)c(-c2cnn(C)c2)cc1[N+](=O)[O-]. The number of benzene rings is 1. The van der Waals surface area contributed by atoms with Crippen LogP contribution in [-0.2, 0) is 11.8 Å². The summed E-state index contributed by atoms with van der Waals surface area (Å²) >= 11 is 0. The first kappa shape index (κ1) is 27.2. The van der Waals surface area contributed by atoms with E-state index in [1.165, 1.54) is 7.11 Å². The van der Waals surface area contributed by atoms with E-state index in [9.17, 15) is 14.9 Å². The molecule has 3 aliphatic heterocycles. The summed E-state index contributed by atoms with van der Waals surface area (Å²) in [6.07, 6.45) is 5.55. The molecule has 2 unspecified atom stereocenters. The van der Waals surface area contributed by atoms with Crippen LogP contribution >= 0.6 is 0 Å². The van der Waals surface area contributed by atoms with Gasteiger partial charge in [0.2, 0.25) is 0 Å². The molecule has 2 atom stereocenters. The number of aryl methyl sites for hydroxylation is 1. The van der Waals surface area contributed by atoms with Gasteiger partial charge in [0.25, 0.3) is 0 Å². The van der Waals surface area contributed by atoms with Crippen LogP contribution in [0.25, 0.3) is 11.1 Å². The summed E-state index contributed by atoms with van der Waals surface area (Å²) in [7, 11) is 3.31. The van der Waals surface area contributed by atoms with Crippen LogP contribution in [0, 0.1) is 27.9 Å². The van der Waals surface area contributed by atoms with Crippen molar-refractivity contribution in [3.63, 3.8) is 0 Å². The lowest BCUT2D eigenvalue weighted by Gasteiger charge is -2.36. The Morgan fingerprint density at radius 3 is 2.33 bits per heavy atom. The minimum atomic E-state index is -0.464. The number of carbonyl (C=O) groups is 1. The Hall–Kier alpha value is -3.34. The van der Waals surface area contributed by atoms with E-state index in [1.54, 1.807) is 23.0 Å². The molecule has 2 aromatic rings. The van der Waals surface area contributed by atoms with Crippen molar-refractivity contribution in [3.05, 3.63) is 34.6 Å². The van der Waals surface area contributed by atoms with Gasteiger partial charge >= 0.3 is 11.8 Å². The molecule has 39 heavy (non-hydrogen) atoms. The molecule has 1 aromatic carbocycles. The van der Waals surface area contributed by atoms with Crippen molar-refractivity contribution in [2.45, 2.75) is 39.2 Å². The van der Waals surface area contributed by atoms with Gasteiger partial charge in [-0.05, 0) is 51.4 Å². The van der Waals surface area contributed by atoms with Crippen molar-refractivity contribution in [2.24, 2.45) is 24.8 Å². The summed E-state index contributed by atoms with van der Waals surface area (Å²) in [6.45, 7) is 12.2. The Kier molecular flexibility index (Phi) is 7.45. The molecule has 11 nitrogen and oxygen atoms in total. The molecule has 0 aliphatic carbocycles. The lowest BCUT2D eigenvalue weighted by molar-refractivity contribution is -0.385. The van der Waals surface area contributed by atoms with Gasteiger partial charge < -0.3 is 24.2 Å². The third-order valence-corrected chi connectivity index (χ3v) is 8.19. The van der Waals surface area contributed by atoms with Crippen molar-refractivity contribution in [1.29, 1.82) is 0 Å². The van der Waals surface area contributed by atoms with Crippen LogP contribution in [0.15, 0.2) is 24.5 Å². The fourth-order valence-electron chi connectivity index (χ4n) is 6.35. The number of amides is 1. The number of nitro benzene ring substituents is 1. The number of piperidine rings is 1. The highest BCUT2D eigenvalue weighted by molar-refractivity contribution is 5.82. The topological polar surface area (TPSA) is 106 Å². The number of hydrogen-bond donors (Lipinski definition) is 0. The highest BCUT2D eigenvalue weighted by Gasteiger charge is 2.43. The number of aromatic nitrogens is 2. The molecular formula is C28H40N6O5. The zero-order valence-corrected chi connectivity index (χ0v) is 23.6. The lowest BCUT2D eigenvalue weighted by Crippen LogP contribution is -2.40. The van der Waals surface area contributed by atoms with Crippen LogP contribution in [0.4, 0.5) is 16.2 Å². The highest BCUT2D eigenvalue weighted by Crippen LogP contribution is 2.42. The van der Waals surface area contributed by atoms with Crippen molar-refractivity contribution < 1.29 is 19.2 Å². The highest BCUT2D eigenvalue weighted by atomic mass is 16.6. The molecule has 4 heterocycles. The normalized spacial score (nSPS) is 22.3. The number of anilines is 1. The second kappa shape index (κ2) is 10.7. The van der Waals surface area contributed by atoms with Crippen molar-refractivity contribution >= 4 is 17.5 Å². The van der Waals surface area contributed by atoms with E-state index in [0.29, 0.717) is 17.8 Å². The van der Waals surface area contributed by atoms with E-state index in [-0.39, 0.29) is 17.5 Å². The summed E-state index contributed by atoms with van der Waals surface area (Å²) in [4.78, 5) is 30.6. The van der Waals surface area contributed by atoms with E-state index in [2.05, 4.69) is 14.9 Å². The summed E-state index contributed by atoms with van der Waals surface area (Å²) in [5.41, 5.74) is 2.09. The van der Waals surface area contributed by atoms with Gasteiger partial charge in [-0.3, -0.25) is 14.8 Å². The third-order valence-electron chi connectivity index (χ3n) is 8.19. The number of methoxy groups -OCH3 is 1. The average molecular weight is 541 g/mol. The molecule has 212 valence electrons. The Bertz CT molecular complexity index is 1200. The predicted octanol–water partition coefficient (Wildman–Crippen LogP) is 4.02. The maximum absolute atomic E-state index is 12.5. The molecular weight excluding hydrogens is 500 g/mol. The van der Waals surface area contributed by atoms with Gasteiger partial charge in [0, 0.05) is 88.0 Å². The molecule has 3 fully saturated rings. The number of fused-ring (bicyclic) bond motifs is 1. The van der Waals surface area contributed by atoms with Gasteiger partial charge in [-0.25, -0.2) is 4.79 Å². The first-order valence-corrected chi connectivity index (χ1v) is 13.8. The molecule has 3 aliphatic rings. The predicted molar refractivity (Wildman–Crippen MR) is 148 cm³/mol. The summed E-state index contributed by atoms with van der Waals surface area (Å²) < 4.78 is 12.7. The Morgan fingerprint density at radius 1 is 1.13 bits per heavy atom. The van der Waals surface area contributed by atoms with Crippen LogP contribution in [0.1, 0.15) is 33.6 Å². The zero-order chi connectivity index (χ0) is 27.9. The fourth-order valence-corrected chi connectivity index (χ4v) is 6.35. The standard InChI is InChI=1S/C28H40N6O5/c1-28(2,3)39-27(35)33-17-21-15-31(16-22(21)18-33)13-19-6-8-32(9-7-19)24-11-26(38-5)25(34(36)37)10-23(24)20-12-29-30(4)14-20/h10-12,14,19,21-22H,6-9,13,15-18H2,1-5H3. The summed E-state index contributed by atoms with van der Waals surface area (Å²) in [6, 6.07) is 3.42. The van der Waals surface area contributed by atoms with Gasteiger partial charge in [-0.15, -0.1) is 0 Å². The Morgan fingerprint density at radius 2 is 1.79 bits per heavy atom. The average Bonchev–Trinajstić information content (AvgIpc) is 3.57. The van der Waals surface area contributed by atoms with Crippen LogP contribution in [-0.4, -0.2) is 89.1 Å². The van der Waals surface area contributed by atoms with Crippen molar-refractivity contribution in [2.75, 3.05) is 57.8 Å². The van der Waals surface area contributed by atoms with Crippen LogP contribution in [0.5, 0.6) is 5.75 Å². The molecule has 5 rings (SSSR count). The largest absolute Gasteiger partial charge is 0.490 e. The van der Waals surface area contributed by atoms with Gasteiger partial charge in [-0.1, -0.05) is 0 Å². The number of nitro groups is 1. The molecule has 0 saturated carbocycles. The fraction of sp³-hybridized carbons (Fsp3) is 0.643. The minimum Gasteiger partial charge on any atom is -0.490 e. The quantitative estimate of drug-likeness (QED) is 0.400. The molecule has 0 bridgehead atoms. The van der Waals surface area contributed by atoms with Crippen LogP contribution in [0.2, 0.25) is 0 Å². The molecule has 1 aromatic heterocycles. The van der Waals surface area contributed by atoms with Gasteiger partial charge in [-0.2, -0.15) is 5.10 Å². The Balaban J connectivity index is 1.20. The van der Waals surface area contributed by atoms with Gasteiger partial charge in [0.05, 0.1) is 18.2 Å².